The van der Waals surface area contributed by atoms with Crippen molar-refractivity contribution in [1.82, 2.24) is 14.5 Å². The van der Waals surface area contributed by atoms with Crippen molar-refractivity contribution in [1.29, 1.82) is 5.26 Å². The van der Waals surface area contributed by atoms with Gasteiger partial charge in [-0.1, -0.05) is 18.5 Å². The molecule has 3 rings (SSSR count). The first-order chi connectivity index (χ1) is 10.6. The zero-order chi connectivity index (χ0) is 15.7. The van der Waals surface area contributed by atoms with E-state index in [2.05, 4.69) is 23.0 Å². The zero-order valence-corrected chi connectivity index (χ0v) is 13.7. The minimum atomic E-state index is 0.445. The van der Waals surface area contributed by atoms with Gasteiger partial charge in [-0.3, -0.25) is 0 Å². The van der Waals surface area contributed by atoms with Crippen LogP contribution >= 0.6 is 23.4 Å². The second kappa shape index (κ2) is 5.99. The van der Waals surface area contributed by atoms with E-state index >= 15 is 0 Å². The number of hydrogen-bond acceptors (Lipinski definition) is 4. The lowest BCUT2D eigenvalue weighted by Crippen LogP contribution is -1.97. The minimum absolute atomic E-state index is 0.445. The van der Waals surface area contributed by atoms with Gasteiger partial charge in [-0.25, -0.2) is 9.97 Å². The number of thioether (sulfide) groups is 1. The van der Waals surface area contributed by atoms with E-state index in [1.807, 2.05) is 23.7 Å². The number of hydrogen-bond donors (Lipinski definition) is 0. The number of aromatic nitrogens is 3. The molecule has 0 unspecified atom stereocenters. The number of pyridine rings is 1. The summed E-state index contributed by atoms with van der Waals surface area (Å²) in [6.45, 7) is 2.09. The molecule has 2 aromatic heterocycles. The van der Waals surface area contributed by atoms with Crippen LogP contribution in [0.15, 0.2) is 35.2 Å². The molecule has 0 saturated heterocycles. The van der Waals surface area contributed by atoms with Crippen molar-refractivity contribution in [3.63, 3.8) is 0 Å². The summed E-state index contributed by atoms with van der Waals surface area (Å²) in [4.78, 5) is 10.2. The average Bonchev–Trinajstić information content (AvgIpc) is 2.85. The first-order valence-electron chi connectivity index (χ1n) is 6.80. The van der Waals surface area contributed by atoms with Crippen molar-refractivity contribution < 1.29 is 0 Å². The van der Waals surface area contributed by atoms with Gasteiger partial charge >= 0.3 is 0 Å². The van der Waals surface area contributed by atoms with Gasteiger partial charge in [0.05, 0.1) is 22.7 Å². The standard InChI is InChI=1S/C16H13ClN4S/c1-3-22-13-6-7-14(17)20-15(13)16-19-11-8-10(9-18)4-5-12(11)21(16)2/h4-8H,3H2,1-2H3. The van der Waals surface area contributed by atoms with Gasteiger partial charge in [-0.15, -0.1) is 11.8 Å². The molecule has 110 valence electrons. The second-order valence-corrected chi connectivity index (χ2v) is 6.42. The largest absolute Gasteiger partial charge is 0.326 e. The van der Waals surface area contributed by atoms with Crippen molar-refractivity contribution in [2.75, 3.05) is 5.75 Å². The Morgan fingerprint density at radius 1 is 1.27 bits per heavy atom. The number of nitriles is 1. The molecule has 0 fully saturated rings. The van der Waals surface area contributed by atoms with E-state index in [4.69, 9.17) is 16.9 Å². The van der Waals surface area contributed by atoms with Crippen LogP contribution in [-0.4, -0.2) is 20.3 Å². The summed E-state index contributed by atoms with van der Waals surface area (Å²) in [6.07, 6.45) is 0. The van der Waals surface area contributed by atoms with Gasteiger partial charge in [0.15, 0.2) is 5.82 Å². The smallest absolute Gasteiger partial charge is 0.160 e. The molecule has 0 aliphatic rings. The quantitative estimate of drug-likeness (QED) is 0.532. The highest BCUT2D eigenvalue weighted by Gasteiger charge is 2.16. The molecular formula is C16H13ClN4S. The maximum absolute atomic E-state index is 9.02. The van der Waals surface area contributed by atoms with Crippen LogP contribution in [0.2, 0.25) is 5.15 Å². The molecule has 0 amide bonds. The van der Waals surface area contributed by atoms with Crippen LogP contribution in [-0.2, 0) is 7.05 Å². The van der Waals surface area contributed by atoms with Gasteiger partial charge in [-0.05, 0) is 36.1 Å². The number of halogens is 1. The molecule has 4 nitrogen and oxygen atoms in total. The van der Waals surface area contributed by atoms with Gasteiger partial charge in [0, 0.05) is 11.9 Å². The molecule has 0 atom stereocenters. The predicted molar refractivity (Wildman–Crippen MR) is 90.1 cm³/mol. The molecular weight excluding hydrogens is 316 g/mol. The molecule has 1 aromatic carbocycles. The summed E-state index contributed by atoms with van der Waals surface area (Å²) < 4.78 is 1.98. The van der Waals surface area contributed by atoms with Crippen molar-refractivity contribution in [2.24, 2.45) is 7.05 Å². The molecule has 0 aliphatic carbocycles. The van der Waals surface area contributed by atoms with Crippen molar-refractivity contribution >= 4 is 34.4 Å². The topological polar surface area (TPSA) is 54.5 Å². The molecule has 6 heteroatoms. The summed E-state index contributed by atoms with van der Waals surface area (Å²) in [5.74, 6) is 1.70. The number of aryl methyl sites for hydroxylation is 1. The summed E-state index contributed by atoms with van der Waals surface area (Å²) in [5.41, 5.74) is 3.12. The fraction of sp³-hybridized carbons (Fsp3) is 0.188. The lowest BCUT2D eigenvalue weighted by molar-refractivity contribution is 0.943. The SMILES string of the molecule is CCSc1ccc(Cl)nc1-c1nc2cc(C#N)ccc2n1C. The fourth-order valence-electron chi connectivity index (χ4n) is 2.34. The van der Waals surface area contributed by atoms with Gasteiger partial charge in [0.2, 0.25) is 0 Å². The number of imidazole rings is 1. The van der Waals surface area contributed by atoms with Crippen LogP contribution in [0, 0.1) is 11.3 Å². The van der Waals surface area contributed by atoms with E-state index < -0.39 is 0 Å². The number of nitrogens with zero attached hydrogens (tertiary/aromatic N) is 4. The van der Waals surface area contributed by atoms with E-state index in [9.17, 15) is 0 Å². The molecule has 0 saturated carbocycles. The second-order valence-electron chi connectivity index (χ2n) is 4.72. The van der Waals surface area contributed by atoms with E-state index in [0.717, 1.165) is 33.2 Å². The highest BCUT2D eigenvalue weighted by molar-refractivity contribution is 7.99. The zero-order valence-electron chi connectivity index (χ0n) is 12.2. The van der Waals surface area contributed by atoms with Crippen molar-refractivity contribution in [3.8, 4) is 17.6 Å². The van der Waals surface area contributed by atoms with E-state index in [1.54, 1.807) is 30.0 Å². The molecule has 0 bridgehead atoms. The highest BCUT2D eigenvalue weighted by Crippen LogP contribution is 2.32. The monoisotopic (exact) mass is 328 g/mol. The summed E-state index contributed by atoms with van der Waals surface area (Å²) in [7, 11) is 1.94. The third kappa shape index (κ3) is 2.56. The van der Waals surface area contributed by atoms with Crippen LogP contribution in [0.1, 0.15) is 12.5 Å². The number of rotatable bonds is 3. The maximum atomic E-state index is 9.02. The predicted octanol–water partition coefficient (Wildman–Crippen LogP) is 4.27. The summed E-state index contributed by atoms with van der Waals surface area (Å²) in [5, 5.41) is 9.47. The molecule has 0 aliphatic heterocycles. The van der Waals surface area contributed by atoms with Gasteiger partial charge in [0.25, 0.3) is 0 Å². The fourth-order valence-corrected chi connectivity index (χ4v) is 3.23. The van der Waals surface area contributed by atoms with Crippen LogP contribution in [0.4, 0.5) is 0 Å². The molecule has 22 heavy (non-hydrogen) atoms. The Balaban J connectivity index is 2.24. The lowest BCUT2D eigenvalue weighted by atomic mass is 10.2. The Morgan fingerprint density at radius 2 is 2.09 bits per heavy atom. The molecule has 0 N–H and O–H groups in total. The Morgan fingerprint density at radius 3 is 2.82 bits per heavy atom. The Bertz CT molecular complexity index is 895. The maximum Gasteiger partial charge on any atom is 0.160 e. The van der Waals surface area contributed by atoms with E-state index in [1.165, 1.54) is 0 Å². The van der Waals surface area contributed by atoms with Crippen molar-refractivity contribution in [2.45, 2.75) is 11.8 Å². The highest BCUT2D eigenvalue weighted by atomic mass is 35.5. The number of fused-ring (bicyclic) bond motifs is 1. The molecule has 3 aromatic rings. The van der Waals surface area contributed by atoms with E-state index in [0.29, 0.717) is 10.7 Å². The van der Waals surface area contributed by atoms with E-state index in [-0.39, 0.29) is 0 Å². The summed E-state index contributed by atoms with van der Waals surface area (Å²) >= 11 is 7.77. The number of benzene rings is 1. The average molecular weight is 329 g/mol. The molecule has 0 spiro atoms. The third-order valence-electron chi connectivity index (χ3n) is 3.35. The van der Waals surface area contributed by atoms with Crippen LogP contribution in [0.5, 0.6) is 0 Å². The minimum Gasteiger partial charge on any atom is -0.326 e. The summed E-state index contributed by atoms with van der Waals surface area (Å²) in [6, 6.07) is 11.4. The van der Waals surface area contributed by atoms with Crippen LogP contribution in [0.3, 0.4) is 0 Å². The van der Waals surface area contributed by atoms with Crippen LogP contribution < -0.4 is 0 Å². The Labute approximate surface area is 137 Å². The van der Waals surface area contributed by atoms with Crippen molar-refractivity contribution in [3.05, 3.63) is 41.0 Å². The van der Waals surface area contributed by atoms with Gasteiger partial charge in [-0.2, -0.15) is 5.26 Å². The normalized spacial score (nSPS) is 10.8. The first kappa shape index (κ1) is 14.9. The van der Waals surface area contributed by atoms with Gasteiger partial charge < -0.3 is 4.57 Å². The first-order valence-corrected chi connectivity index (χ1v) is 8.16. The Kier molecular flexibility index (Phi) is 4.06. The third-order valence-corrected chi connectivity index (χ3v) is 4.49. The molecule has 0 radical (unpaired) electrons. The van der Waals surface area contributed by atoms with Gasteiger partial charge in [0.1, 0.15) is 10.8 Å². The Hall–Kier alpha value is -2.03. The van der Waals surface area contributed by atoms with Crippen LogP contribution in [0.25, 0.3) is 22.6 Å². The molecule has 2 heterocycles. The lowest BCUT2D eigenvalue weighted by Gasteiger charge is -2.08.